The molecule has 1 atom stereocenters. The van der Waals surface area contributed by atoms with Crippen molar-refractivity contribution in [3.05, 3.63) is 35.9 Å². The molecule has 0 bridgehead atoms. The van der Waals surface area contributed by atoms with Gasteiger partial charge in [-0.05, 0) is 63.6 Å². The van der Waals surface area contributed by atoms with Crippen LogP contribution >= 0.6 is 0 Å². The summed E-state index contributed by atoms with van der Waals surface area (Å²) >= 11 is 0. The lowest BCUT2D eigenvalue weighted by molar-refractivity contribution is 0.00578. The van der Waals surface area contributed by atoms with Crippen LogP contribution < -0.4 is 5.46 Å². The third-order valence-electron chi connectivity index (χ3n) is 6.62. The van der Waals surface area contributed by atoms with E-state index >= 15 is 0 Å². The topological polar surface area (TPSA) is 57.1 Å². The highest BCUT2D eigenvalue weighted by Crippen LogP contribution is 2.36. The van der Waals surface area contributed by atoms with Gasteiger partial charge in [0.15, 0.2) is 0 Å². The summed E-state index contributed by atoms with van der Waals surface area (Å²) in [5.41, 5.74) is 2.98. The van der Waals surface area contributed by atoms with Gasteiger partial charge in [0, 0.05) is 0 Å². The lowest BCUT2D eigenvalue weighted by Crippen LogP contribution is -2.41. The zero-order chi connectivity index (χ0) is 20.7. The van der Waals surface area contributed by atoms with Crippen LogP contribution in [-0.4, -0.2) is 53.3 Å². The Labute approximate surface area is 175 Å². The van der Waals surface area contributed by atoms with E-state index in [4.69, 9.17) is 18.4 Å². The van der Waals surface area contributed by atoms with Crippen LogP contribution in [0.2, 0.25) is 0 Å². The van der Waals surface area contributed by atoms with Gasteiger partial charge in [-0.3, -0.25) is 0 Å². The minimum atomic E-state index is -2.06. The number of allylic oxidation sites excluding steroid dienone is 1. The van der Waals surface area contributed by atoms with Crippen molar-refractivity contribution in [3.8, 4) is 0 Å². The third kappa shape index (κ3) is 4.48. The van der Waals surface area contributed by atoms with E-state index in [0.29, 0.717) is 24.7 Å². The molecule has 0 radical (unpaired) electrons. The molecule has 2 aliphatic heterocycles. The molecular weight excluding hydrogens is 385 g/mol. The number of nitrogens with zero attached hydrogens (tertiary/aromatic N) is 1. The summed E-state index contributed by atoms with van der Waals surface area (Å²) in [6.45, 7) is 9.44. The van der Waals surface area contributed by atoms with E-state index in [1.807, 2.05) is 0 Å². The van der Waals surface area contributed by atoms with Crippen molar-refractivity contribution < 1.29 is 18.3 Å². The van der Waals surface area contributed by atoms with E-state index in [1.54, 1.807) is 0 Å². The molecule has 2 fully saturated rings. The first-order chi connectivity index (χ1) is 13.7. The number of benzene rings is 1. The Hall–Kier alpha value is -1.15. The molecule has 1 unspecified atom stereocenters. The molecule has 2 heterocycles. The highest BCUT2D eigenvalue weighted by Gasteiger charge is 2.51. The average Bonchev–Trinajstić information content (AvgIpc) is 2.90. The first-order valence-corrected chi connectivity index (χ1v) is 12.5. The molecule has 158 valence electrons. The number of hydrogen-bond acceptors (Lipinski definition) is 5. The zero-order valence-corrected chi connectivity index (χ0v) is 18.8. The molecule has 0 aromatic heterocycles. The van der Waals surface area contributed by atoms with Gasteiger partial charge >= 0.3 is 7.12 Å². The van der Waals surface area contributed by atoms with E-state index < -0.39 is 9.73 Å². The van der Waals surface area contributed by atoms with Crippen LogP contribution in [0, 0.1) is 0 Å². The fraction of sp³-hybridized carbons (Fsp3) is 0.636. The predicted octanol–water partition coefficient (Wildman–Crippen LogP) is 3.42. The molecule has 1 aromatic carbocycles. The van der Waals surface area contributed by atoms with E-state index in [1.165, 1.54) is 11.1 Å². The second-order valence-electron chi connectivity index (χ2n) is 9.27. The Morgan fingerprint density at radius 2 is 1.66 bits per heavy atom. The molecule has 4 rings (SSSR count). The monoisotopic (exact) mass is 417 g/mol. The van der Waals surface area contributed by atoms with Crippen LogP contribution in [0.15, 0.2) is 34.7 Å². The van der Waals surface area contributed by atoms with E-state index in [0.717, 1.165) is 24.7 Å². The Kier molecular flexibility index (Phi) is 5.70. The summed E-state index contributed by atoms with van der Waals surface area (Å²) in [5, 5.41) is 0. The van der Waals surface area contributed by atoms with Crippen LogP contribution in [-0.2, 0) is 23.8 Å². The summed E-state index contributed by atoms with van der Waals surface area (Å²) in [6.07, 6.45) is 5.06. The van der Waals surface area contributed by atoms with Gasteiger partial charge in [-0.2, -0.15) is 0 Å². The fourth-order valence-corrected chi connectivity index (χ4v) is 5.88. The van der Waals surface area contributed by atoms with Crippen LogP contribution in [0.1, 0.15) is 52.5 Å². The highest BCUT2D eigenvalue weighted by molar-refractivity contribution is 7.93. The smallest absolute Gasteiger partial charge is 0.399 e. The molecule has 5 nitrogen and oxygen atoms in total. The minimum absolute atomic E-state index is 0.174. The van der Waals surface area contributed by atoms with Crippen molar-refractivity contribution in [1.29, 1.82) is 0 Å². The van der Waals surface area contributed by atoms with Crippen molar-refractivity contribution in [1.82, 2.24) is 0 Å². The molecule has 1 aliphatic carbocycles. The van der Waals surface area contributed by atoms with Gasteiger partial charge in [-0.15, -0.1) is 0 Å². The SMILES string of the molecule is CC1(C)OB(c2ccc(C3=CCC(N=S4(=O)CCOCC4)CC3)cc2)OC1(C)C. The molecule has 3 aliphatic rings. The Bertz CT molecular complexity index is 872. The van der Waals surface area contributed by atoms with Gasteiger partial charge in [-0.25, -0.2) is 8.57 Å². The maximum absolute atomic E-state index is 12.8. The lowest BCUT2D eigenvalue weighted by atomic mass is 9.78. The largest absolute Gasteiger partial charge is 0.494 e. The molecule has 29 heavy (non-hydrogen) atoms. The Balaban J connectivity index is 1.42. The predicted molar refractivity (Wildman–Crippen MR) is 119 cm³/mol. The van der Waals surface area contributed by atoms with Gasteiger partial charge < -0.3 is 14.0 Å². The molecule has 1 aromatic rings. The van der Waals surface area contributed by atoms with E-state index in [9.17, 15) is 4.21 Å². The van der Waals surface area contributed by atoms with Crippen LogP contribution in [0.5, 0.6) is 0 Å². The maximum Gasteiger partial charge on any atom is 0.494 e. The molecule has 0 N–H and O–H groups in total. The van der Waals surface area contributed by atoms with Gasteiger partial charge in [0.05, 0.1) is 51.7 Å². The molecular formula is C22H32BNO4S. The zero-order valence-electron chi connectivity index (χ0n) is 18.0. The number of ether oxygens (including phenoxy) is 1. The van der Waals surface area contributed by atoms with Gasteiger partial charge in [0.25, 0.3) is 0 Å². The standard InChI is InChI=1S/C22H32BNO4S/c1-21(2)22(3,4)28-23(27-21)19-9-5-17(6-10-19)18-7-11-20(12-8-18)24-29(25)15-13-26-14-16-29/h5-7,9-10,20H,8,11-16H2,1-4H3. The summed E-state index contributed by atoms with van der Waals surface area (Å²) < 4.78 is 35.1. The van der Waals surface area contributed by atoms with Gasteiger partial charge in [0.1, 0.15) is 0 Å². The molecule has 0 spiro atoms. The van der Waals surface area contributed by atoms with Crippen molar-refractivity contribution in [2.24, 2.45) is 4.36 Å². The summed E-state index contributed by atoms with van der Waals surface area (Å²) in [4.78, 5) is 0. The second kappa shape index (κ2) is 7.84. The number of hydrogen-bond donors (Lipinski definition) is 0. The second-order valence-corrected chi connectivity index (χ2v) is 11.8. The molecule has 2 saturated heterocycles. The average molecular weight is 417 g/mol. The van der Waals surface area contributed by atoms with Gasteiger partial charge in [-0.1, -0.05) is 30.3 Å². The maximum atomic E-state index is 12.8. The Morgan fingerprint density at radius 3 is 2.21 bits per heavy atom. The minimum Gasteiger partial charge on any atom is -0.399 e. The molecule has 7 heteroatoms. The van der Waals surface area contributed by atoms with E-state index in [-0.39, 0.29) is 24.4 Å². The van der Waals surface area contributed by atoms with Crippen LogP contribution in [0.25, 0.3) is 5.57 Å². The summed E-state index contributed by atoms with van der Waals surface area (Å²) in [5.74, 6) is 1.17. The van der Waals surface area contributed by atoms with Crippen molar-refractivity contribution in [3.63, 3.8) is 0 Å². The van der Waals surface area contributed by atoms with Crippen molar-refractivity contribution in [2.45, 2.75) is 64.2 Å². The van der Waals surface area contributed by atoms with E-state index in [2.05, 4.69) is 58.0 Å². The normalized spacial score (nSPS) is 28.1. The summed E-state index contributed by atoms with van der Waals surface area (Å²) in [7, 11) is -2.39. The first kappa shape index (κ1) is 21.1. The fourth-order valence-electron chi connectivity index (χ4n) is 3.97. The summed E-state index contributed by atoms with van der Waals surface area (Å²) in [6, 6.07) is 8.69. The first-order valence-electron chi connectivity index (χ1n) is 10.6. The molecule has 0 amide bonds. The van der Waals surface area contributed by atoms with Crippen LogP contribution in [0.4, 0.5) is 0 Å². The van der Waals surface area contributed by atoms with Crippen molar-refractivity contribution in [2.75, 3.05) is 24.7 Å². The Morgan fingerprint density at radius 1 is 1.03 bits per heavy atom. The van der Waals surface area contributed by atoms with Crippen LogP contribution in [0.3, 0.4) is 0 Å². The molecule has 0 saturated carbocycles. The quantitative estimate of drug-likeness (QED) is 0.708. The third-order valence-corrected chi connectivity index (χ3v) is 8.92. The van der Waals surface area contributed by atoms with Crippen molar-refractivity contribution >= 4 is 27.9 Å². The highest BCUT2D eigenvalue weighted by atomic mass is 32.2. The van der Waals surface area contributed by atoms with Gasteiger partial charge in [0.2, 0.25) is 0 Å². The number of rotatable bonds is 3. The lowest BCUT2D eigenvalue weighted by Gasteiger charge is -2.32.